The van der Waals surface area contributed by atoms with E-state index in [9.17, 15) is 14.9 Å². The van der Waals surface area contributed by atoms with Crippen molar-refractivity contribution in [3.8, 4) is 0 Å². The quantitative estimate of drug-likeness (QED) is 0.608. The molecule has 1 aromatic carbocycles. The Bertz CT molecular complexity index is 711. The molecule has 0 aliphatic heterocycles. The second-order valence-corrected chi connectivity index (χ2v) is 5.04. The highest BCUT2D eigenvalue weighted by molar-refractivity contribution is 5.73. The Hall–Kier alpha value is -2.74. The van der Waals surface area contributed by atoms with Crippen LogP contribution in [0.25, 0.3) is 0 Å². The van der Waals surface area contributed by atoms with E-state index in [0.717, 1.165) is 5.56 Å². The van der Waals surface area contributed by atoms with Crippen LogP contribution in [0.4, 0.5) is 5.69 Å². The summed E-state index contributed by atoms with van der Waals surface area (Å²) in [7, 11) is 0. The summed E-state index contributed by atoms with van der Waals surface area (Å²) in [6, 6.07) is 3.88. The van der Waals surface area contributed by atoms with Crippen LogP contribution in [0.5, 0.6) is 0 Å². The van der Waals surface area contributed by atoms with Gasteiger partial charge in [-0.05, 0) is 18.6 Å². The number of hydrogen-bond acceptors (Lipinski definition) is 5. The molecule has 1 heterocycles. The van der Waals surface area contributed by atoms with Gasteiger partial charge in [0.1, 0.15) is 6.04 Å². The highest BCUT2D eigenvalue weighted by Crippen LogP contribution is 2.19. The summed E-state index contributed by atoms with van der Waals surface area (Å²) >= 11 is 0. The van der Waals surface area contributed by atoms with E-state index in [0.29, 0.717) is 17.8 Å². The number of carboxylic acids is 1. The lowest BCUT2D eigenvalue weighted by Gasteiger charge is -2.11. The second-order valence-electron chi connectivity index (χ2n) is 5.04. The van der Waals surface area contributed by atoms with E-state index in [1.807, 2.05) is 0 Å². The van der Waals surface area contributed by atoms with Crippen molar-refractivity contribution in [1.29, 1.82) is 0 Å². The summed E-state index contributed by atoms with van der Waals surface area (Å²) in [5, 5.41) is 19.7. The van der Waals surface area contributed by atoms with Crippen LogP contribution in [0.2, 0.25) is 0 Å². The molecule has 0 aliphatic rings. The third kappa shape index (κ3) is 3.47. The molecule has 8 heteroatoms. The predicted molar refractivity (Wildman–Crippen MR) is 78.5 cm³/mol. The summed E-state index contributed by atoms with van der Waals surface area (Å²) < 4.78 is 1.78. The lowest BCUT2D eigenvalue weighted by atomic mass is 10.1. The number of nitro groups is 1. The highest BCUT2D eigenvalue weighted by Gasteiger charge is 2.15. The summed E-state index contributed by atoms with van der Waals surface area (Å²) in [5.74, 6) is -1.07. The largest absolute Gasteiger partial charge is 0.480 e. The number of benzene rings is 1. The third-order valence-electron chi connectivity index (χ3n) is 3.36. The average molecular weight is 304 g/mol. The number of aliphatic carboxylic acids is 1. The molecule has 0 unspecified atom stereocenters. The summed E-state index contributed by atoms with van der Waals surface area (Å²) in [4.78, 5) is 25.2. The van der Waals surface area contributed by atoms with Crippen LogP contribution in [-0.2, 0) is 17.8 Å². The molecule has 8 nitrogen and oxygen atoms in total. The molecule has 116 valence electrons. The fourth-order valence-corrected chi connectivity index (χ4v) is 2.19. The number of nitro benzene ring substituents is 1. The standard InChI is InChI=1S/C14H16N4O4/c1-9-4-10(2-3-13(9)18(21)22)7-17-8-16-6-11(17)5-12(15)14(19)20/h2-4,6,8,12H,5,7,15H2,1H3,(H,19,20)/t12-/m0/s1. The van der Waals surface area contributed by atoms with Crippen LogP contribution in [0.3, 0.4) is 0 Å². The minimum atomic E-state index is -1.07. The van der Waals surface area contributed by atoms with Crippen molar-refractivity contribution < 1.29 is 14.8 Å². The number of nitrogens with two attached hydrogens (primary N) is 1. The maximum atomic E-state index is 10.8. The lowest BCUT2D eigenvalue weighted by Crippen LogP contribution is -2.33. The molecular weight excluding hydrogens is 288 g/mol. The van der Waals surface area contributed by atoms with Gasteiger partial charge in [-0.25, -0.2) is 4.98 Å². The van der Waals surface area contributed by atoms with E-state index in [-0.39, 0.29) is 12.1 Å². The van der Waals surface area contributed by atoms with Gasteiger partial charge in [0.15, 0.2) is 0 Å². The molecule has 0 bridgehead atoms. The zero-order valence-corrected chi connectivity index (χ0v) is 12.0. The normalized spacial score (nSPS) is 12.1. The van der Waals surface area contributed by atoms with Gasteiger partial charge in [-0.2, -0.15) is 0 Å². The summed E-state index contributed by atoms with van der Waals surface area (Å²) in [6.45, 7) is 2.12. The van der Waals surface area contributed by atoms with Crippen LogP contribution in [0, 0.1) is 17.0 Å². The first-order chi connectivity index (χ1) is 10.4. The van der Waals surface area contributed by atoms with E-state index in [2.05, 4.69) is 4.98 Å². The molecule has 0 spiro atoms. The van der Waals surface area contributed by atoms with Gasteiger partial charge in [-0.3, -0.25) is 14.9 Å². The van der Waals surface area contributed by atoms with Gasteiger partial charge in [-0.1, -0.05) is 6.07 Å². The van der Waals surface area contributed by atoms with Gasteiger partial charge in [0.05, 0.1) is 11.3 Å². The monoisotopic (exact) mass is 304 g/mol. The van der Waals surface area contributed by atoms with Crippen LogP contribution >= 0.6 is 0 Å². The van der Waals surface area contributed by atoms with Gasteiger partial charge >= 0.3 is 5.97 Å². The number of hydrogen-bond donors (Lipinski definition) is 2. The van der Waals surface area contributed by atoms with Gasteiger partial charge in [0.2, 0.25) is 0 Å². The predicted octanol–water partition coefficient (Wildman–Crippen LogP) is 1.10. The zero-order valence-electron chi connectivity index (χ0n) is 12.0. The number of nitrogens with zero attached hydrogens (tertiary/aromatic N) is 3. The van der Waals surface area contributed by atoms with E-state index in [4.69, 9.17) is 10.8 Å². The molecule has 2 aromatic rings. The molecule has 2 rings (SSSR count). The van der Waals surface area contributed by atoms with Gasteiger partial charge in [0.25, 0.3) is 5.69 Å². The number of aryl methyl sites for hydroxylation is 1. The molecule has 0 radical (unpaired) electrons. The van der Waals surface area contributed by atoms with Gasteiger partial charge < -0.3 is 15.4 Å². The molecule has 0 aliphatic carbocycles. The van der Waals surface area contributed by atoms with Crippen molar-refractivity contribution in [2.24, 2.45) is 5.73 Å². The SMILES string of the molecule is Cc1cc(Cn2cncc2C[C@H](N)C(=O)O)ccc1[N+](=O)[O-]. The lowest BCUT2D eigenvalue weighted by molar-refractivity contribution is -0.385. The minimum Gasteiger partial charge on any atom is -0.480 e. The Labute approximate surface area is 126 Å². The Morgan fingerprint density at radius 1 is 1.55 bits per heavy atom. The van der Waals surface area contributed by atoms with E-state index in [1.165, 1.54) is 6.07 Å². The molecule has 0 saturated carbocycles. The Balaban J connectivity index is 2.18. The van der Waals surface area contributed by atoms with Crippen LogP contribution in [-0.4, -0.2) is 31.6 Å². The van der Waals surface area contributed by atoms with Crippen molar-refractivity contribution in [3.63, 3.8) is 0 Å². The number of aromatic nitrogens is 2. The smallest absolute Gasteiger partial charge is 0.320 e. The first kappa shape index (κ1) is 15.6. The molecule has 22 heavy (non-hydrogen) atoms. The molecule has 0 amide bonds. The topological polar surface area (TPSA) is 124 Å². The minimum absolute atomic E-state index is 0.0718. The molecule has 0 saturated heterocycles. The van der Waals surface area contributed by atoms with E-state index >= 15 is 0 Å². The molecular formula is C14H16N4O4. The van der Waals surface area contributed by atoms with Crippen molar-refractivity contribution in [3.05, 3.63) is 57.7 Å². The number of imidazole rings is 1. The summed E-state index contributed by atoms with van der Waals surface area (Å²) in [6.07, 6.45) is 3.32. The molecule has 0 fully saturated rings. The van der Waals surface area contributed by atoms with Crippen LogP contribution < -0.4 is 5.73 Å². The van der Waals surface area contributed by atoms with Gasteiger partial charge in [0, 0.05) is 36.5 Å². The number of carboxylic acid groups (broad SMARTS) is 1. The van der Waals surface area contributed by atoms with E-state index in [1.54, 1.807) is 36.1 Å². The average Bonchev–Trinajstić information content (AvgIpc) is 2.85. The van der Waals surface area contributed by atoms with Crippen molar-refractivity contribution >= 4 is 11.7 Å². The second kappa shape index (κ2) is 6.35. The fourth-order valence-electron chi connectivity index (χ4n) is 2.19. The third-order valence-corrected chi connectivity index (χ3v) is 3.36. The number of carbonyl (C=O) groups is 1. The number of rotatable bonds is 6. The van der Waals surface area contributed by atoms with Crippen molar-refractivity contribution in [1.82, 2.24) is 9.55 Å². The van der Waals surface area contributed by atoms with Crippen molar-refractivity contribution in [2.75, 3.05) is 0 Å². The highest BCUT2D eigenvalue weighted by atomic mass is 16.6. The maximum Gasteiger partial charge on any atom is 0.320 e. The molecule has 1 atom stereocenters. The first-order valence-corrected chi connectivity index (χ1v) is 6.59. The van der Waals surface area contributed by atoms with Gasteiger partial charge in [-0.15, -0.1) is 0 Å². The van der Waals surface area contributed by atoms with Crippen LogP contribution in [0.1, 0.15) is 16.8 Å². The Morgan fingerprint density at radius 2 is 2.27 bits per heavy atom. The summed E-state index contributed by atoms with van der Waals surface area (Å²) in [5.41, 5.74) is 7.75. The fraction of sp³-hybridized carbons (Fsp3) is 0.286. The Kier molecular flexibility index (Phi) is 4.52. The Morgan fingerprint density at radius 3 is 2.86 bits per heavy atom. The van der Waals surface area contributed by atoms with Crippen molar-refractivity contribution in [2.45, 2.75) is 25.9 Å². The van der Waals surface area contributed by atoms with E-state index < -0.39 is 16.9 Å². The first-order valence-electron chi connectivity index (χ1n) is 6.59. The molecule has 3 N–H and O–H groups in total. The van der Waals surface area contributed by atoms with Crippen LogP contribution in [0.15, 0.2) is 30.7 Å². The zero-order chi connectivity index (χ0) is 16.3. The molecule has 1 aromatic heterocycles. The maximum absolute atomic E-state index is 10.8.